The minimum absolute atomic E-state index is 0.102. The minimum atomic E-state index is -0.714. The van der Waals surface area contributed by atoms with Gasteiger partial charge in [0.2, 0.25) is 0 Å². The molecule has 0 saturated carbocycles. The zero-order valence-electron chi connectivity index (χ0n) is 11.1. The Balaban J connectivity index is 2.00. The Labute approximate surface area is 135 Å². The van der Waals surface area contributed by atoms with E-state index in [-0.39, 0.29) is 10.6 Å². The smallest absolute Gasteiger partial charge is 0.349 e. The Hall–Kier alpha value is -2.30. The summed E-state index contributed by atoms with van der Waals surface area (Å²) in [5.41, 5.74) is -0.0688. The van der Waals surface area contributed by atoms with Crippen molar-refractivity contribution >= 4 is 45.8 Å². The van der Waals surface area contributed by atoms with Gasteiger partial charge in [-0.15, -0.1) is 0 Å². The van der Waals surface area contributed by atoms with Crippen LogP contribution in [0, 0.1) is 0 Å². The van der Waals surface area contributed by atoms with Gasteiger partial charge in [-0.3, -0.25) is 4.79 Å². The number of hydrogen-bond acceptors (Lipinski definition) is 3. The van der Waals surface area contributed by atoms with Gasteiger partial charge < -0.3 is 9.73 Å². The molecule has 22 heavy (non-hydrogen) atoms. The van der Waals surface area contributed by atoms with Crippen molar-refractivity contribution in [3.8, 4) is 0 Å². The van der Waals surface area contributed by atoms with Crippen molar-refractivity contribution in [2.45, 2.75) is 0 Å². The number of anilines is 1. The van der Waals surface area contributed by atoms with Crippen molar-refractivity contribution in [3.63, 3.8) is 0 Å². The number of nitrogens with one attached hydrogen (secondary N) is 1. The van der Waals surface area contributed by atoms with Gasteiger partial charge in [-0.05, 0) is 24.3 Å². The number of halogens is 2. The van der Waals surface area contributed by atoms with Crippen molar-refractivity contribution in [3.05, 3.63) is 74.6 Å². The molecule has 0 spiro atoms. The van der Waals surface area contributed by atoms with Crippen LogP contribution < -0.4 is 10.9 Å². The Bertz CT molecular complexity index is 934. The maximum absolute atomic E-state index is 12.3. The van der Waals surface area contributed by atoms with Crippen molar-refractivity contribution in [1.29, 1.82) is 0 Å². The fourth-order valence-electron chi connectivity index (χ4n) is 2.01. The quantitative estimate of drug-likeness (QED) is 0.709. The first-order valence-electron chi connectivity index (χ1n) is 6.34. The molecule has 0 aliphatic rings. The summed E-state index contributed by atoms with van der Waals surface area (Å²) in [7, 11) is 0. The van der Waals surface area contributed by atoms with Gasteiger partial charge in [0.25, 0.3) is 5.91 Å². The third-order valence-corrected chi connectivity index (χ3v) is 3.90. The lowest BCUT2D eigenvalue weighted by Gasteiger charge is -2.08. The highest BCUT2D eigenvalue weighted by atomic mass is 35.5. The lowest BCUT2D eigenvalue weighted by Crippen LogP contribution is -2.20. The van der Waals surface area contributed by atoms with Crippen LogP contribution in [-0.2, 0) is 0 Å². The first kappa shape index (κ1) is 14.6. The average Bonchev–Trinajstić information content (AvgIpc) is 2.51. The van der Waals surface area contributed by atoms with Crippen LogP contribution >= 0.6 is 23.2 Å². The number of para-hydroxylation sites is 1. The van der Waals surface area contributed by atoms with Gasteiger partial charge in [0.05, 0.1) is 15.7 Å². The molecule has 1 aromatic heterocycles. The predicted molar refractivity (Wildman–Crippen MR) is 86.9 cm³/mol. The van der Waals surface area contributed by atoms with Gasteiger partial charge in [-0.1, -0.05) is 47.5 Å². The summed E-state index contributed by atoms with van der Waals surface area (Å²) in [5, 5.41) is 3.74. The van der Waals surface area contributed by atoms with E-state index in [4.69, 9.17) is 27.6 Å². The molecule has 0 unspecified atom stereocenters. The zero-order valence-corrected chi connectivity index (χ0v) is 12.6. The predicted octanol–water partition coefficient (Wildman–Crippen LogP) is 4.35. The van der Waals surface area contributed by atoms with E-state index >= 15 is 0 Å². The highest BCUT2D eigenvalue weighted by molar-refractivity contribution is 6.44. The van der Waals surface area contributed by atoms with Crippen LogP contribution in [0.3, 0.4) is 0 Å². The van der Waals surface area contributed by atoms with E-state index in [0.717, 1.165) is 0 Å². The van der Waals surface area contributed by atoms with Crippen LogP contribution in [0.1, 0.15) is 10.4 Å². The van der Waals surface area contributed by atoms with Gasteiger partial charge in [0.15, 0.2) is 0 Å². The number of amides is 1. The molecule has 1 heterocycles. The highest BCUT2D eigenvalue weighted by Gasteiger charge is 2.15. The van der Waals surface area contributed by atoms with Gasteiger partial charge in [0.1, 0.15) is 11.1 Å². The molecule has 0 atom stereocenters. The zero-order chi connectivity index (χ0) is 15.7. The lowest BCUT2D eigenvalue weighted by molar-refractivity contribution is 0.102. The molecule has 0 aliphatic carbocycles. The van der Waals surface area contributed by atoms with Crippen LogP contribution in [-0.4, -0.2) is 5.91 Å². The lowest BCUT2D eigenvalue weighted by atomic mass is 10.1. The fourth-order valence-corrected chi connectivity index (χ4v) is 2.36. The average molecular weight is 334 g/mol. The second kappa shape index (κ2) is 5.83. The Morgan fingerprint density at radius 2 is 1.82 bits per heavy atom. The molecular formula is C16H9Cl2NO3. The van der Waals surface area contributed by atoms with E-state index in [1.54, 1.807) is 42.5 Å². The molecule has 110 valence electrons. The molecule has 3 rings (SSSR count). The number of carbonyl (C=O) groups is 1. The molecule has 6 heteroatoms. The number of rotatable bonds is 2. The summed E-state index contributed by atoms with van der Waals surface area (Å²) in [6, 6.07) is 13.3. The summed E-state index contributed by atoms with van der Waals surface area (Å²) in [5.74, 6) is -0.608. The SMILES string of the molecule is O=C(Nc1cccc(Cl)c1Cl)c1cc2ccccc2oc1=O. The van der Waals surface area contributed by atoms with E-state index < -0.39 is 11.5 Å². The molecule has 2 aromatic carbocycles. The van der Waals surface area contributed by atoms with Crippen molar-refractivity contribution in [2.75, 3.05) is 5.32 Å². The van der Waals surface area contributed by atoms with Gasteiger partial charge >= 0.3 is 5.63 Å². The second-order valence-corrected chi connectivity index (χ2v) is 5.33. The summed E-state index contributed by atoms with van der Waals surface area (Å²) < 4.78 is 5.13. The van der Waals surface area contributed by atoms with Gasteiger partial charge in [-0.25, -0.2) is 4.79 Å². The minimum Gasteiger partial charge on any atom is -0.422 e. The third-order valence-electron chi connectivity index (χ3n) is 3.09. The van der Waals surface area contributed by atoms with Crippen molar-refractivity contribution in [2.24, 2.45) is 0 Å². The molecule has 1 amide bonds. The maximum atomic E-state index is 12.3. The normalized spacial score (nSPS) is 10.6. The number of carbonyl (C=O) groups excluding carboxylic acids is 1. The molecule has 4 nitrogen and oxygen atoms in total. The van der Waals surface area contributed by atoms with Crippen LogP contribution in [0.2, 0.25) is 10.0 Å². The van der Waals surface area contributed by atoms with Crippen LogP contribution in [0.5, 0.6) is 0 Å². The first-order valence-corrected chi connectivity index (χ1v) is 7.10. The monoisotopic (exact) mass is 333 g/mol. The second-order valence-electron chi connectivity index (χ2n) is 4.54. The topological polar surface area (TPSA) is 59.3 Å². The van der Waals surface area contributed by atoms with E-state index in [9.17, 15) is 9.59 Å². The molecule has 0 bridgehead atoms. The van der Waals surface area contributed by atoms with Crippen molar-refractivity contribution < 1.29 is 9.21 Å². The van der Waals surface area contributed by atoms with Crippen LogP contribution in [0.15, 0.2) is 57.7 Å². The number of benzene rings is 2. The highest BCUT2D eigenvalue weighted by Crippen LogP contribution is 2.29. The summed E-state index contributed by atoms with van der Waals surface area (Å²) in [6.45, 7) is 0. The first-order chi connectivity index (χ1) is 10.6. The molecule has 0 aliphatic heterocycles. The molecule has 0 saturated heterocycles. The van der Waals surface area contributed by atoms with Gasteiger partial charge in [-0.2, -0.15) is 0 Å². The van der Waals surface area contributed by atoms with E-state index in [1.165, 1.54) is 6.07 Å². The molecular weight excluding hydrogens is 325 g/mol. The molecule has 0 radical (unpaired) electrons. The fraction of sp³-hybridized carbons (Fsp3) is 0. The Morgan fingerprint density at radius 3 is 2.64 bits per heavy atom. The molecule has 1 N–H and O–H groups in total. The standard InChI is InChI=1S/C16H9Cl2NO3/c17-11-5-3-6-12(14(11)18)19-15(20)10-8-9-4-1-2-7-13(9)22-16(10)21/h1-8H,(H,19,20). The summed E-state index contributed by atoms with van der Waals surface area (Å²) in [4.78, 5) is 24.2. The van der Waals surface area contributed by atoms with Gasteiger partial charge in [0, 0.05) is 5.39 Å². The maximum Gasteiger partial charge on any atom is 0.349 e. The van der Waals surface area contributed by atoms with Crippen LogP contribution in [0.4, 0.5) is 5.69 Å². The Kier molecular flexibility index (Phi) is 3.88. The number of fused-ring (bicyclic) bond motifs is 1. The van der Waals surface area contributed by atoms with E-state index in [1.807, 2.05) is 0 Å². The molecule has 0 fully saturated rings. The van der Waals surface area contributed by atoms with Crippen molar-refractivity contribution in [1.82, 2.24) is 0 Å². The summed E-state index contributed by atoms with van der Waals surface area (Å²) >= 11 is 11.9. The van der Waals surface area contributed by atoms with E-state index in [2.05, 4.69) is 5.32 Å². The molecule has 3 aromatic rings. The van der Waals surface area contributed by atoms with Crippen LogP contribution in [0.25, 0.3) is 11.0 Å². The van der Waals surface area contributed by atoms with E-state index in [0.29, 0.717) is 21.7 Å². The largest absolute Gasteiger partial charge is 0.422 e. The Morgan fingerprint density at radius 1 is 1.05 bits per heavy atom. The third kappa shape index (κ3) is 2.71. The summed E-state index contributed by atoms with van der Waals surface area (Å²) in [6.07, 6.45) is 0. The number of hydrogen-bond donors (Lipinski definition) is 1.